The minimum Gasteiger partial charge on any atom is -0.468 e. The zero-order valence-electron chi connectivity index (χ0n) is 7.98. The van der Waals surface area contributed by atoms with Gasteiger partial charge < -0.3 is 4.74 Å². The first-order valence-corrected chi connectivity index (χ1v) is 4.82. The summed E-state index contributed by atoms with van der Waals surface area (Å²) in [5.74, 6) is -0.215. The Bertz CT molecular complexity index is 269. The molecule has 0 aromatic carbocycles. The van der Waals surface area contributed by atoms with Gasteiger partial charge in [-0.2, -0.15) is 0 Å². The van der Waals surface area contributed by atoms with Crippen LogP contribution in [0, 0.1) is 0 Å². The molecule has 0 saturated carbocycles. The second-order valence-electron chi connectivity index (χ2n) is 2.90. The van der Waals surface area contributed by atoms with Crippen molar-refractivity contribution in [2.75, 3.05) is 21.2 Å². The molecule has 1 rings (SSSR count). The molecular formula is C9H13NO2S. The van der Waals surface area contributed by atoms with Crippen molar-refractivity contribution in [2.45, 2.75) is 6.04 Å². The summed E-state index contributed by atoms with van der Waals surface area (Å²) in [5, 5.41) is 1.95. The molecule has 1 aromatic heterocycles. The maximum atomic E-state index is 11.4. The van der Waals surface area contributed by atoms with Crippen molar-refractivity contribution in [1.29, 1.82) is 0 Å². The quantitative estimate of drug-likeness (QED) is 0.691. The maximum absolute atomic E-state index is 11.4. The number of rotatable bonds is 3. The normalized spacial score (nSPS) is 12.9. The molecule has 4 heteroatoms. The second kappa shape index (κ2) is 4.39. The number of methoxy groups -OCH3 is 1. The first-order chi connectivity index (χ1) is 6.16. The van der Waals surface area contributed by atoms with Gasteiger partial charge in [-0.15, -0.1) is 11.3 Å². The molecule has 0 bridgehead atoms. The van der Waals surface area contributed by atoms with E-state index in [1.54, 1.807) is 11.3 Å². The Balaban J connectivity index is 2.87. The summed E-state index contributed by atoms with van der Waals surface area (Å²) in [7, 11) is 5.13. The Hall–Kier alpha value is -0.870. The van der Waals surface area contributed by atoms with Crippen molar-refractivity contribution >= 4 is 17.3 Å². The van der Waals surface area contributed by atoms with Crippen LogP contribution in [0.3, 0.4) is 0 Å². The molecule has 1 atom stereocenters. The van der Waals surface area contributed by atoms with Crippen LogP contribution in [0.15, 0.2) is 17.5 Å². The van der Waals surface area contributed by atoms with Crippen LogP contribution in [0.4, 0.5) is 0 Å². The van der Waals surface area contributed by atoms with Gasteiger partial charge in [-0.1, -0.05) is 6.07 Å². The largest absolute Gasteiger partial charge is 0.468 e. The lowest BCUT2D eigenvalue weighted by Gasteiger charge is -2.20. The van der Waals surface area contributed by atoms with E-state index in [2.05, 4.69) is 0 Å². The highest BCUT2D eigenvalue weighted by molar-refractivity contribution is 7.10. The average molecular weight is 199 g/mol. The standard InChI is InChI=1S/C9H13NO2S/c1-10(2)8(9(11)12-3)7-5-4-6-13-7/h4-6,8H,1-3H3. The molecule has 0 spiro atoms. The Morgan fingerprint density at radius 3 is 2.69 bits per heavy atom. The number of hydrogen-bond donors (Lipinski definition) is 0. The molecule has 72 valence electrons. The van der Waals surface area contributed by atoms with Crippen LogP contribution in [0.25, 0.3) is 0 Å². The smallest absolute Gasteiger partial charge is 0.328 e. The second-order valence-corrected chi connectivity index (χ2v) is 3.88. The van der Waals surface area contributed by atoms with E-state index in [-0.39, 0.29) is 12.0 Å². The topological polar surface area (TPSA) is 29.5 Å². The summed E-state index contributed by atoms with van der Waals surface area (Å²) in [6.45, 7) is 0. The molecule has 13 heavy (non-hydrogen) atoms. The summed E-state index contributed by atoms with van der Waals surface area (Å²) in [4.78, 5) is 14.3. The van der Waals surface area contributed by atoms with Crippen molar-refractivity contribution < 1.29 is 9.53 Å². The number of esters is 1. The van der Waals surface area contributed by atoms with Gasteiger partial charge >= 0.3 is 5.97 Å². The van der Waals surface area contributed by atoms with Crippen LogP contribution >= 0.6 is 11.3 Å². The number of thiophene rings is 1. The minimum absolute atomic E-state index is 0.215. The maximum Gasteiger partial charge on any atom is 0.328 e. The molecular weight excluding hydrogens is 186 g/mol. The molecule has 1 heterocycles. The molecule has 1 unspecified atom stereocenters. The fourth-order valence-corrected chi connectivity index (χ4v) is 2.05. The van der Waals surface area contributed by atoms with Gasteiger partial charge in [-0.05, 0) is 25.5 Å². The van der Waals surface area contributed by atoms with E-state index < -0.39 is 0 Å². The van der Waals surface area contributed by atoms with E-state index in [1.807, 2.05) is 36.5 Å². The molecule has 0 aliphatic carbocycles. The Kier molecular flexibility index (Phi) is 3.45. The van der Waals surface area contributed by atoms with Crippen LogP contribution in [-0.2, 0) is 9.53 Å². The summed E-state index contributed by atoms with van der Waals surface area (Å²) in [6, 6.07) is 3.59. The Morgan fingerprint density at radius 2 is 2.31 bits per heavy atom. The van der Waals surface area contributed by atoms with Crippen LogP contribution in [0.5, 0.6) is 0 Å². The number of ether oxygens (including phenoxy) is 1. The SMILES string of the molecule is COC(=O)C(c1cccs1)N(C)C. The monoisotopic (exact) mass is 199 g/mol. The van der Waals surface area contributed by atoms with Crippen LogP contribution in [-0.4, -0.2) is 32.1 Å². The molecule has 0 aliphatic rings. The van der Waals surface area contributed by atoms with Crippen molar-refractivity contribution in [3.63, 3.8) is 0 Å². The van der Waals surface area contributed by atoms with Crippen molar-refractivity contribution in [1.82, 2.24) is 4.90 Å². The third-order valence-electron chi connectivity index (χ3n) is 1.75. The lowest BCUT2D eigenvalue weighted by atomic mass is 10.2. The number of nitrogens with zero attached hydrogens (tertiary/aromatic N) is 1. The van der Waals surface area contributed by atoms with Gasteiger partial charge in [-0.25, -0.2) is 4.79 Å². The molecule has 0 saturated heterocycles. The molecule has 3 nitrogen and oxygen atoms in total. The highest BCUT2D eigenvalue weighted by atomic mass is 32.1. The van der Waals surface area contributed by atoms with Crippen LogP contribution < -0.4 is 0 Å². The van der Waals surface area contributed by atoms with Crippen molar-refractivity contribution in [2.24, 2.45) is 0 Å². The zero-order chi connectivity index (χ0) is 9.84. The van der Waals surface area contributed by atoms with E-state index in [0.717, 1.165) is 4.88 Å². The first-order valence-electron chi connectivity index (χ1n) is 3.94. The van der Waals surface area contributed by atoms with E-state index in [1.165, 1.54) is 7.11 Å². The molecule has 0 radical (unpaired) electrons. The van der Waals surface area contributed by atoms with Gasteiger partial charge in [0.05, 0.1) is 7.11 Å². The van der Waals surface area contributed by atoms with Crippen LogP contribution in [0.1, 0.15) is 10.9 Å². The lowest BCUT2D eigenvalue weighted by Crippen LogP contribution is -2.27. The molecule has 0 amide bonds. The number of hydrogen-bond acceptors (Lipinski definition) is 4. The number of carbonyl (C=O) groups is 1. The minimum atomic E-state index is -0.273. The summed E-state index contributed by atoms with van der Waals surface area (Å²) >= 11 is 1.56. The summed E-state index contributed by atoms with van der Waals surface area (Å²) in [5.41, 5.74) is 0. The Labute approximate surface area is 81.9 Å². The van der Waals surface area contributed by atoms with Crippen molar-refractivity contribution in [3.8, 4) is 0 Å². The van der Waals surface area contributed by atoms with E-state index in [0.29, 0.717) is 0 Å². The Morgan fingerprint density at radius 1 is 1.62 bits per heavy atom. The van der Waals surface area contributed by atoms with Gasteiger partial charge in [-0.3, -0.25) is 4.90 Å². The molecule has 1 aromatic rings. The third kappa shape index (κ3) is 2.29. The summed E-state index contributed by atoms with van der Waals surface area (Å²) < 4.78 is 4.72. The van der Waals surface area contributed by atoms with Gasteiger partial charge in [0.25, 0.3) is 0 Å². The van der Waals surface area contributed by atoms with E-state index >= 15 is 0 Å². The highest BCUT2D eigenvalue weighted by Crippen LogP contribution is 2.23. The van der Waals surface area contributed by atoms with Gasteiger partial charge in [0, 0.05) is 4.88 Å². The summed E-state index contributed by atoms with van der Waals surface area (Å²) in [6.07, 6.45) is 0. The third-order valence-corrected chi connectivity index (χ3v) is 2.68. The lowest BCUT2D eigenvalue weighted by molar-refractivity contribution is -0.146. The van der Waals surface area contributed by atoms with Gasteiger partial charge in [0.1, 0.15) is 6.04 Å². The number of carbonyl (C=O) groups excluding carboxylic acids is 1. The fraction of sp³-hybridized carbons (Fsp3) is 0.444. The first kappa shape index (κ1) is 10.2. The predicted molar refractivity (Wildman–Crippen MR) is 52.8 cm³/mol. The van der Waals surface area contributed by atoms with E-state index in [9.17, 15) is 4.79 Å². The molecule has 0 N–H and O–H groups in total. The zero-order valence-corrected chi connectivity index (χ0v) is 8.80. The van der Waals surface area contributed by atoms with Crippen LogP contribution in [0.2, 0.25) is 0 Å². The van der Waals surface area contributed by atoms with Gasteiger partial charge in [0.15, 0.2) is 0 Å². The predicted octanol–water partition coefficient (Wildman–Crippen LogP) is 1.52. The highest BCUT2D eigenvalue weighted by Gasteiger charge is 2.24. The van der Waals surface area contributed by atoms with Gasteiger partial charge in [0.2, 0.25) is 0 Å². The van der Waals surface area contributed by atoms with E-state index in [4.69, 9.17) is 4.74 Å². The van der Waals surface area contributed by atoms with Crippen molar-refractivity contribution in [3.05, 3.63) is 22.4 Å². The number of likely N-dealkylation sites (N-methyl/N-ethyl adjacent to an activating group) is 1. The average Bonchev–Trinajstić information content (AvgIpc) is 2.56. The fourth-order valence-electron chi connectivity index (χ4n) is 1.14. The molecule has 0 fully saturated rings. The molecule has 0 aliphatic heterocycles.